The molecule has 1 aromatic rings. The lowest BCUT2D eigenvalue weighted by molar-refractivity contribution is 0.326. The predicted molar refractivity (Wildman–Crippen MR) is 81.1 cm³/mol. The summed E-state index contributed by atoms with van der Waals surface area (Å²) in [6.07, 6.45) is 11.0. The van der Waals surface area contributed by atoms with Gasteiger partial charge in [0.2, 0.25) is 0 Å². The molecule has 3 N–H and O–H groups in total. The molecule has 2 fully saturated rings. The van der Waals surface area contributed by atoms with Crippen molar-refractivity contribution >= 4 is 0 Å². The highest BCUT2D eigenvalue weighted by atomic mass is 15.3. The number of nitrogens with one attached hydrogen (secondary N) is 1. The molecule has 2 saturated carbocycles. The van der Waals surface area contributed by atoms with Gasteiger partial charge in [-0.25, -0.2) is 0 Å². The van der Waals surface area contributed by atoms with Crippen LogP contribution < -0.4 is 11.3 Å². The van der Waals surface area contributed by atoms with E-state index in [1.54, 1.807) is 0 Å². The summed E-state index contributed by atoms with van der Waals surface area (Å²) in [5.74, 6) is 6.44. The summed E-state index contributed by atoms with van der Waals surface area (Å²) in [4.78, 5) is 0. The summed E-state index contributed by atoms with van der Waals surface area (Å²) < 4.78 is 2.19. The van der Waals surface area contributed by atoms with E-state index in [4.69, 9.17) is 10.9 Å². The van der Waals surface area contributed by atoms with Crippen LogP contribution in [0.2, 0.25) is 0 Å². The molecular formula is C16H28N4. The first kappa shape index (κ1) is 14.1. The second-order valence-electron chi connectivity index (χ2n) is 7.36. The first-order chi connectivity index (χ1) is 9.60. The molecule has 2 unspecified atom stereocenters. The molecule has 0 radical (unpaired) electrons. The summed E-state index contributed by atoms with van der Waals surface area (Å²) in [6, 6.07) is 3.16. The number of aromatic nitrogens is 2. The van der Waals surface area contributed by atoms with E-state index in [1.807, 2.05) is 0 Å². The van der Waals surface area contributed by atoms with Crippen molar-refractivity contribution in [2.45, 2.75) is 70.9 Å². The standard InChI is InChI=1S/C16H28N4/c1-16(2)11-14(16)15(18-17)10-12-8-9-20(19-12)13-6-4-3-5-7-13/h8-9,13-15,18H,3-7,10-11,17H2,1-2H3. The maximum Gasteiger partial charge on any atom is 0.0640 e. The summed E-state index contributed by atoms with van der Waals surface area (Å²) in [5.41, 5.74) is 4.64. The molecule has 1 heterocycles. The van der Waals surface area contributed by atoms with E-state index >= 15 is 0 Å². The third kappa shape index (κ3) is 2.91. The summed E-state index contributed by atoms with van der Waals surface area (Å²) in [7, 11) is 0. The fourth-order valence-corrected chi connectivity index (χ4v) is 3.77. The lowest BCUT2D eigenvalue weighted by Gasteiger charge is -2.22. The van der Waals surface area contributed by atoms with Crippen molar-refractivity contribution in [1.82, 2.24) is 15.2 Å². The third-order valence-corrected chi connectivity index (χ3v) is 5.33. The molecule has 2 aliphatic rings. The summed E-state index contributed by atoms with van der Waals surface area (Å²) in [5, 5.41) is 4.80. The Morgan fingerprint density at radius 3 is 2.70 bits per heavy atom. The van der Waals surface area contributed by atoms with Crippen LogP contribution in [0.4, 0.5) is 0 Å². The van der Waals surface area contributed by atoms with Gasteiger partial charge in [-0.1, -0.05) is 33.1 Å². The Hall–Kier alpha value is -0.870. The van der Waals surface area contributed by atoms with Crippen LogP contribution in [0.15, 0.2) is 12.3 Å². The topological polar surface area (TPSA) is 55.9 Å². The number of rotatable bonds is 5. The molecule has 20 heavy (non-hydrogen) atoms. The van der Waals surface area contributed by atoms with E-state index in [9.17, 15) is 0 Å². The van der Waals surface area contributed by atoms with Gasteiger partial charge in [-0.2, -0.15) is 5.10 Å². The van der Waals surface area contributed by atoms with Crippen LogP contribution in [0.5, 0.6) is 0 Å². The molecule has 0 amide bonds. The molecule has 0 aliphatic heterocycles. The van der Waals surface area contributed by atoms with Gasteiger partial charge in [0, 0.05) is 18.7 Å². The van der Waals surface area contributed by atoms with Crippen LogP contribution >= 0.6 is 0 Å². The Balaban J connectivity index is 1.61. The maximum atomic E-state index is 5.75. The number of hydrogen-bond acceptors (Lipinski definition) is 3. The second-order valence-corrected chi connectivity index (χ2v) is 7.36. The van der Waals surface area contributed by atoms with Gasteiger partial charge in [0.1, 0.15) is 0 Å². The third-order valence-electron chi connectivity index (χ3n) is 5.33. The van der Waals surface area contributed by atoms with Crippen molar-refractivity contribution in [2.24, 2.45) is 17.2 Å². The van der Waals surface area contributed by atoms with Crippen LogP contribution in [0.1, 0.15) is 64.1 Å². The summed E-state index contributed by atoms with van der Waals surface area (Å²) in [6.45, 7) is 4.64. The van der Waals surface area contributed by atoms with Crippen LogP contribution in [0.3, 0.4) is 0 Å². The van der Waals surface area contributed by atoms with Gasteiger partial charge < -0.3 is 0 Å². The molecule has 4 nitrogen and oxygen atoms in total. The van der Waals surface area contributed by atoms with Crippen LogP contribution in [-0.2, 0) is 6.42 Å². The van der Waals surface area contributed by atoms with Crippen LogP contribution in [0, 0.1) is 11.3 Å². The molecule has 4 heteroatoms. The van der Waals surface area contributed by atoms with Gasteiger partial charge >= 0.3 is 0 Å². The normalized spacial score (nSPS) is 27.4. The van der Waals surface area contributed by atoms with E-state index in [2.05, 4.69) is 36.2 Å². The number of hydrogen-bond donors (Lipinski definition) is 2. The Bertz CT molecular complexity index is 445. The Morgan fingerprint density at radius 2 is 2.10 bits per heavy atom. The minimum absolute atomic E-state index is 0.361. The van der Waals surface area contributed by atoms with E-state index in [1.165, 1.54) is 44.2 Å². The van der Waals surface area contributed by atoms with Crippen LogP contribution in [-0.4, -0.2) is 15.8 Å². The molecular weight excluding hydrogens is 248 g/mol. The van der Waals surface area contributed by atoms with Crippen molar-refractivity contribution in [2.75, 3.05) is 0 Å². The Labute approximate surface area is 122 Å². The van der Waals surface area contributed by atoms with Crippen molar-refractivity contribution in [1.29, 1.82) is 0 Å². The molecule has 0 saturated heterocycles. The van der Waals surface area contributed by atoms with Gasteiger partial charge in [0.05, 0.1) is 11.7 Å². The summed E-state index contributed by atoms with van der Waals surface area (Å²) >= 11 is 0. The highest BCUT2D eigenvalue weighted by molar-refractivity contribution is 5.08. The SMILES string of the molecule is CC1(C)CC1C(Cc1ccn(C2CCCCC2)n1)NN. The minimum Gasteiger partial charge on any atom is -0.271 e. The van der Waals surface area contributed by atoms with Gasteiger partial charge in [0.25, 0.3) is 0 Å². The zero-order valence-corrected chi connectivity index (χ0v) is 12.8. The molecule has 0 aromatic carbocycles. The zero-order chi connectivity index (χ0) is 14.2. The van der Waals surface area contributed by atoms with Crippen molar-refractivity contribution < 1.29 is 0 Å². The number of hydrazine groups is 1. The predicted octanol–water partition coefficient (Wildman–Crippen LogP) is 2.81. The van der Waals surface area contributed by atoms with Gasteiger partial charge in [-0.05, 0) is 36.7 Å². The molecule has 0 bridgehead atoms. The lowest BCUT2D eigenvalue weighted by atomic mass is 9.96. The van der Waals surface area contributed by atoms with Gasteiger partial charge in [-0.3, -0.25) is 16.0 Å². The van der Waals surface area contributed by atoms with Gasteiger partial charge in [0.15, 0.2) is 0 Å². The lowest BCUT2D eigenvalue weighted by Crippen LogP contribution is -2.39. The van der Waals surface area contributed by atoms with Crippen molar-refractivity contribution in [3.8, 4) is 0 Å². The molecule has 0 spiro atoms. The quantitative estimate of drug-likeness (QED) is 0.642. The molecule has 1 aromatic heterocycles. The first-order valence-corrected chi connectivity index (χ1v) is 8.10. The monoisotopic (exact) mass is 276 g/mol. The van der Waals surface area contributed by atoms with Crippen LogP contribution in [0.25, 0.3) is 0 Å². The number of nitrogens with zero attached hydrogens (tertiary/aromatic N) is 2. The number of nitrogens with two attached hydrogens (primary N) is 1. The van der Waals surface area contributed by atoms with E-state index in [0.717, 1.165) is 6.42 Å². The maximum absolute atomic E-state index is 5.75. The Kier molecular flexibility index (Phi) is 3.87. The van der Waals surface area contributed by atoms with E-state index in [0.29, 0.717) is 23.4 Å². The molecule has 2 aliphatic carbocycles. The highest BCUT2D eigenvalue weighted by Crippen LogP contribution is 2.53. The smallest absolute Gasteiger partial charge is 0.0640 e. The average molecular weight is 276 g/mol. The fourth-order valence-electron chi connectivity index (χ4n) is 3.77. The van der Waals surface area contributed by atoms with Crippen molar-refractivity contribution in [3.63, 3.8) is 0 Å². The van der Waals surface area contributed by atoms with Gasteiger partial charge in [-0.15, -0.1) is 0 Å². The van der Waals surface area contributed by atoms with E-state index < -0.39 is 0 Å². The molecule has 2 atom stereocenters. The van der Waals surface area contributed by atoms with Crippen molar-refractivity contribution in [3.05, 3.63) is 18.0 Å². The Morgan fingerprint density at radius 1 is 1.40 bits per heavy atom. The largest absolute Gasteiger partial charge is 0.271 e. The molecule has 112 valence electrons. The second kappa shape index (κ2) is 5.49. The van der Waals surface area contributed by atoms with E-state index in [-0.39, 0.29) is 0 Å². The zero-order valence-electron chi connectivity index (χ0n) is 12.8. The first-order valence-electron chi connectivity index (χ1n) is 8.10. The fraction of sp³-hybridized carbons (Fsp3) is 0.812. The average Bonchev–Trinajstić information content (AvgIpc) is 2.89. The highest BCUT2D eigenvalue weighted by Gasteiger charge is 2.49. The minimum atomic E-state index is 0.361. The molecule has 3 rings (SSSR count).